The van der Waals surface area contributed by atoms with E-state index in [4.69, 9.17) is 4.74 Å². The Morgan fingerprint density at radius 3 is 2.76 bits per heavy atom. The number of carbonyl (C=O) groups excluding carboxylic acids is 2. The highest BCUT2D eigenvalue weighted by atomic mass is 19.3. The van der Waals surface area contributed by atoms with Gasteiger partial charge in [-0.15, -0.1) is 5.10 Å². The maximum atomic E-state index is 13.1. The van der Waals surface area contributed by atoms with Crippen LogP contribution in [-0.4, -0.2) is 43.0 Å². The van der Waals surface area contributed by atoms with Gasteiger partial charge < -0.3 is 15.4 Å². The van der Waals surface area contributed by atoms with Crippen LogP contribution in [0.2, 0.25) is 0 Å². The third-order valence-corrected chi connectivity index (χ3v) is 4.57. The van der Waals surface area contributed by atoms with Gasteiger partial charge in [-0.2, -0.15) is 0 Å². The fourth-order valence-electron chi connectivity index (χ4n) is 3.10. The van der Waals surface area contributed by atoms with Crippen LogP contribution in [0.4, 0.5) is 26.0 Å². The van der Waals surface area contributed by atoms with Crippen molar-refractivity contribution < 1.29 is 23.1 Å². The molecule has 0 radical (unpaired) electrons. The lowest BCUT2D eigenvalue weighted by molar-refractivity contribution is -0.145. The number of esters is 1. The lowest BCUT2D eigenvalue weighted by Gasteiger charge is -2.14. The van der Waals surface area contributed by atoms with Crippen LogP contribution >= 0.6 is 0 Å². The summed E-state index contributed by atoms with van der Waals surface area (Å²) in [6.07, 6.45) is 1.42. The summed E-state index contributed by atoms with van der Waals surface area (Å²) in [5, 5.41) is 10.1. The highest BCUT2D eigenvalue weighted by Gasteiger charge is 2.16. The summed E-state index contributed by atoms with van der Waals surface area (Å²) in [6, 6.07) is 9.33. The van der Waals surface area contributed by atoms with Gasteiger partial charge in [-0.1, -0.05) is 6.07 Å². The second kappa shape index (κ2) is 9.98. The van der Waals surface area contributed by atoms with Crippen LogP contribution in [0.5, 0.6) is 0 Å². The van der Waals surface area contributed by atoms with Gasteiger partial charge in [-0.3, -0.25) is 14.6 Å². The number of aromatic nitrogens is 5. The molecule has 10 nitrogen and oxygen atoms in total. The van der Waals surface area contributed by atoms with Crippen molar-refractivity contribution in [3.05, 3.63) is 60.7 Å². The molecule has 34 heavy (non-hydrogen) atoms. The van der Waals surface area contributed by atoms with E-state index in [1.807, 2.05) is 0 Å². The molecular formula is C22H19F2N7O3. The van der Waals surface area contributed by atoms with E-state index in [-0.39, 0.29) is 23.8 Å². The summed E-state index contributed by atoms with van der Waals surface area (Å²) in [7, 11) is 0. The zero-order valence-electron chi connectivity index (χ0n) is 17.9. The second-order valence-electron chi connectivity index (χ2n) is 6.95. The monoisotopic (exact) mass is 467 g/mol. The molecule has 4 aromatic heterocycles. The van der Waals surface area contributed by atoms with Crippen molar-refractivity contribution in [1.29, 1.82) is 0 Å². The number of hydrogen-bond acceptors (Lipinski definition) is 8. The Morgan fingerprint density at radius 1 is 1.12 bits per heavy atom. The van der Waals surface area contributed by atoms with Gasteiger partial charge in [0.05, 0.1) is 24.2 Å². The molecular weight excluding hydrogens is 448 g/mol. The van der Waals surface area contributed by atoms with Gasteiger partial charge in [0.25, 0.3) is 6.43 Å². The van der Waals surface area contributed by atoms with Crippen LogP contribution in [-0.2, 0) is 14.3 Å². The summed E-state index contributed by atoms with van der Waals surface area (Å²) < 4.78 is 32.5. The number of carbonyl (C=O) groups is 2. The Morgan fingerprint density at radius 2 is 1.97 bits per heavy atom. The van der Waals surface area contributed by atoms with Gasteiger partial charge in [0.15, 0.2) is 5.82 Å². The molecule has 2 N–H and O–H groups in total. The number of fused-ring (bicyclic) bond motifs is 1. The zero-order valence-corrected chi connectivity index (χ0v) is 17.9. The van der Waals surface area contributed by atoms with Gasteiger partial charge in [-0.05, 0) is 37.3 Å². The van der Waals surface area contributed by atoms with E-state index in [2.05, 4.69) is 30.7 Å². The van der Waals surface area contributed by atoms with Gasteiger partial charge >= 0.3 is 5.97 Å². The first kappa shape index (κ1) is 22.7. The van der Waals surface area contributed by atoms with Gasteiger partial charge in [-0.25, -0.2) is 23.3 Å². The number of anilines is 3. The van der Waals surface area contributed by atoms with Gasteiger partial charge in [0.1, 0.15) is 23.3 Å². The predicted octanol–water partition coefficient (Wildman–Crippen LogP) is 3.76. The van der Waals surface area contributed by atoms with Crippen molar-refractivity contribution in [3.8, 4) is 11.5 Å². The largest absolute Gasteiger partial charge is 0.466 e. The lowest BCUT2D eigenvalue weighted by Crippen LogP contribution is -2.19. The predicted molar refractivity (Wildman–Crippen MR) is 119 cm³/mol. The Labute approximate surface area is 192 Å². The summed E-state index contributed by atoms with van der Waals surface area (Å²) in [4.78, 5) is 36.3. The highest BCUT2D eigenvalue weighted by molar-refractivity contribution is 6.03. The SMILES string of the molecule is CCOC(=O)CC(=O)Nc1cnccc1Nc1nc(-c2cccc(C(F)F)n2)nn2cccc12. The van der Waals surface area contributed by atoms with E-state index in [1.165, 1.54) is 35.1 Å². The molecule has 0 spiro atoms. The first-order valence-corrected chi connectivity index (χ1v) is 10.2. The average Bonchev–Trinajstić information content (AvgIpc) is 3.29. The van der Waals surface area contributed by atoms with Crippen LogP contribution in [0.3, 0.4) is 0 Å². The van der Waals surface area contributed by atoms with E-state index < -0.39 is 24.7 Å². The Kier molecular flexibility index (Phi) is 6.67. The molecule has 0 aliphatic carbocycles. The van der Waals surface area contributed by atoms with Crippen molar-refractivity contribution in [3.63, 3.8) is 0 Å². The highest BCUT2D eigenvalue weighted by Crippen LogP contribution is 2.28. The Hall–Kier alpha value is -4.48. The molecule has 0 atom stereocenters. The number of ether oxygens (including phenoxy) is 1. The molecule has 0 aliphatic heterocycles. The fourth-order valence-corrected chi connectivity index (χ4v) is 3.10. The molecule has 12 heteroatoms. The summed E-state index contributed by atoms with van der Waals surface area (Å²) >= 11 is 0. The van der Waals surface area contributed by atoms with Crippen LogP contribution in [0.15, 0.2) is 55.0 Å². The van der Waals surface area contributed by atoms with Crippen molar-refractivity contribution in [2.75, 3.05) is 17.2 Å². The fraction of sp³-hybridized carbons (Fsp3) is 0.182. The summed E-state index contributed by atoms with van der Waals surface area (Å²) in [5.41, 5.74) is 1.13. The Balaban J connectivity index is 1.66. The number of rotatable bonds is 8. The van der Waals surface area contributed by atoms with Crippen LogP contribution in [0.1, 0.15) is 25.5 Å². The lowest BCUT2D eigenvalue weighted by atomic mass is 10.3. The van der Waals surface area contributed by atoms with E-state index in [1.54, 1.807) is 31.3 Å². The molecule has 4 aromatic rings. The first-order valence-electron chi connectivity index (χ1n) is 10.2. The van der Waals surface area contributed by atoms with Gasteiger partial charge in [0, 0.05) is 12.4 Å². The number of nitrogens with zero attached hydrogens (tertiary/aromatic N) is 5. The minimum atomic E-state index is -2.73. The van der Waals surface area contributed by atoms with Crippen LogP contribution in [0.25, 0.3) is 17.0 Å². The van der Waals surface area contributed by atoms with E-state index >= 15 is 0 Å². The minimum Gasteiger partial charge on any atom is -0.466 e. The maximum absolute atomic E-state index is 13.1. The maximum Gasteiger partial charge on any atom is 0.315 e. The third kappa shape index (κ3) is 5.11. The van der Waals surface area contributed by atoms with Crippen molar-refractivity contribution in [1.82, 2.24) is 24.6 Å². The Bertz CT molecular complexity index is 1340. The number of amides is 1. The standard InChI is InChI=1S/C22H19F2N7O3/c1-2-34-19(33)11-18(32)27-16-12-25-9-8-13(16)28-22-17-7-4-10-31(17)30-21(29-22)15-6-3-5-14(26-15)20(23)24/h3-10,12,20H,2,11H2,1H3,(H,27,32)(H,25,28,29,30). The number of alkyl halides is 2. The molecule has 4 rings (SSSR count). The molecule has 0 aliphatic rings. The molecule has 174 valence electrons. The molecule has 0 unspecified atom stereocenters. The minimum absolute atomic E-state index is 0.121. The third-order valence-electron chi connectivity index (χ3n) is 4.57. The number of pyridine rings is 2. The molecule has 1 amide bonds. The average molecular weight is 467 g/mol. The first-order chi connectivity index (χ1) is 16.4. The quantitative estimate of drug-likeness (QED) is 0.297. The van der Waals surface area contributed by atoms with Crippen LogP contribution < -0.4 is 10.6 Å². The van der Waals surface area contributed by atoms with Crippen molar-refractivity contribution in [2.45, 2.75) is 19.8 Å². The molecule has 0 saturated heterocycles. The second-order valence-corrected chi connectivity index (χ2v) is 6.95. The van der Waals surface area contributed by atoms with E-state index in [0.717, 1.165) is 0 Å². The van der Waals surface area contributed by atoms with E-state index in [9.17, 15) is 18.4 Å². The van der Waals surface area contributed by atoms with Crippen molar-refractivity contribution >= 4 is 34.6 Å². The molecule has 0 bridgehead atoms. The summed E-state index contributed by atoms with van der Waals surface area (Å²) in [6.45, 7) is 1.82. The molecule has 0 aromatic carbocycles. The normalized spacial score (nSPS) is 10.9. The number of nitrogens with one attached hydrogen (secondary N) is 2. The number of halogens is 2. The molecule has 0 saturated carbocycles. The smallest absolute Gasteiger partial charge is 0.315 e. The molecule has 0 fully saturated rings. The van der Waals surface area contributed by atoms with E-state index in [0.29, 0.717) is 22.7 Å². The molecule has 4 heterocycles. The summed E-state index contributed by atoms with van der Waals surface area (Å²) in [5.74, 6) is -0.756. The number of hydrogen-bond donors (Lipinski definition) is 2. The topological polar surface area (TPSA) is 123 Å². The zero-order chi connectivity index (χ0) is 24.1. The van der Waals surface area contributed by atoms with Gasteiger partial charge in [0.2, 0.25) is 11.7 Å². The van der Waals surface area contributed by atoms with Crippen LogP contribution in [0, 0.1) is 0 Å². The van der Waals surface area contributed by atoms with Crippen molar-refractivity contribution in [2.24, 2.45) is 0 Å².